The molecular formula is C18H24N4O2S2. The first-order valence-electron chi connectivity index (χ1n) is 8.61. The smallest absolute Gasteiger partial charge is 0.275 e. The summed E-state index contributed by atoms with van der Waals surface area (Å²) in [5, 5.41) is 5.48. The van der Waals surface area contributed by atoms with Gasteiger partial charge in [0.1, 0.15) is 10.7 Å². The van der Waals surface area contributed by atoms with Gasteiger partial charge in [0.15, 0.2) is 0 Å². The second-order valence-corrected chi connectivity index (χ2v) is 7.93. The number of hydrogen-bond donors (Lipinski definition) is 2. The average molecular weight is 393 g/mol. The Hall–Kier alpha value is -1.61. The fraction of sp³-hybridized carbons (Fsp3) is 0.444. The molecule has 1 fully saturated rings. The van der Waals surface area contributed by atoms with Gasteiger partial charge in [0.05, 0.1) is 19.3 Å². The predicted molar refractivity (Wildman–Crippen MR) is 109 cm³/mol. The minimum atomic E-state index is -0.205. The second-order valence-electron chi connectivity index (χ2n) is 6.06. The fourth-order valence-corrected chi connectivity index (χ4v) is 4.03. The van der Waals surface area contributed by atoms with Crippen molar-refractivity contribution in [2.75, 3.05) is 48.5 Å². The van der Waals surface area contributed by atoms with Gasteiger partial charge in [-0.15, -0.1) is 11.3 Å². The summed E-state index contributed by atoms with van der Waals surface area (Å²) in [5.41, 5.74) is 8.44. The van der Waals surface area contributed by atoms with E-state index in [1.165, 1.54) is 11.3 Å². The van der Waals surface area contributed by atoms with Crippen LogP contribution in [-0.4, -0.2) is 49.2 Å². The van der Waals surface area contributed by atoms with Crippen molar-refractivity contribution in [1.82, 2.24) is 4.98 Å². The molecule has 1 amide bonds. The Morgan fingerprint density at radius 3 is 2.81 bits per heavy atom. The van der Waals surface area contributed by atoms with Crippen LogP contribution in [0.2, 0.25) is 0 Å². The van der Waals surface area contributed by atoms with Gasteiger partial charge in [0, 0.05) is 29.8 Å². The Morgan fingerprint density at radius 1 is 1.38 bits per heavy atom. The summed E-state index contributed by atoms with van der Waals surface area (Å²) in [6.07, 6.45) is 2.91. The highest BCUT2D eigenvalue weighted by atomic mass is 32.2. The van der Waals surface area contributed by atoms with E-state index in [1.54, 1.807) is 17.1 Å². The molecule has 1 unspecified atom stereocenters. The van der Waals surface area contributed by atoms with Crippen LogP contribution in [0.3, 0.4) is 0 Å². The zero-order chi connectivity index (χ0) is 18.4. The van der Waals surface area contributed by atoms with Crippen LogP contribution in [0, 0.1) is 0 Å². The van der Waals surface area contributed by atoms with Crippen LogP contribution in [0.4, 0.5) is 11.4 Å². The minimum Gasteiger partial charge on any atom is -0.378 e. The summed E-state index contributed by atoms with van der Waals surface area (Å²) in [5.74, 6) is 0.779. The molecule has 0 aliphatic carbocycles. The second kappa shape index (κ2) is 9.36. The van der Waals surface area contributed by atoms with E-state index >= 15 is 0 Å². The molecule has 1 atom stereocenters. The number of aromatic nitrogens is 1. The first-order chi connectivity index (χ1) is 12.7. The number of thiazole rings is 1. The predicted octanol–water partition coefficient (Wildman–Crippen LogP) is 2.98. The van der Waals surface area contributed by atoms with E-state index in [9.17, 15) is 4.79 Å². The van der Waals surface area contributed by atoms with Crippen molar-refractivity contribution in [3.8, 4) is 0 Å². The molecule has 140 valence electrons. The molecule has 1 aliphatic rings. The third-order valence-electron chi connectivity index (χ3n) is 4.21. The number of thioether (sulfide) groups is 1. The molecule has 1 saturated heterocycles. The molecule has 0 radical (unpaired) electrons. The zero-order valence-corrected chi connectivity index (χ0v) is 16.4. The Labute approximate surface area is 162 Å². The Kier molecular flexibility index (Phi) is 6.90. The highest BCUT2D eigenvalue weighted by Crippen LogP contribution is 2.22. The van der Waals surface area contributed by atoms with Crippen molar-refractivity contribution in [3.63, 3.8) is 0 Å². The molecule has 1 aliphatic heterocycles. The Bertz CT molecular complexity index is 714. The first-order valence-corrected chi connectivity index (χ1v) is 10.9. The van der Waals surface area contributed by atoms with Crippen molar-refractivity contribution in [2.45, 2.75) is 12.5 Å². The number of morpholine rings is 1. The van der Waals surface area contributed by atoms with Crippen molar-refractivity contribution in [2.24, 2.45) is 5.73 Å². The molecular weight excluding hydrogens is 368 g/mol. The third kappa shape index (κ3) is 4.97. The molecule has 26 heavy (non-hydrogen) atoms. The summed E-state index contributed by atoms with van der Waals surface area (Å²) < 4.78 is 5.37. The monoisotopic (exact) mass is 392 g/mol. The largest absolute Gasteiger partial charge is 0.378 e. The van der Waals surface area contributed by atoms with Crippen LogP contribution in [0.5, 0.6) is 0 Å². The van der Waals surface area contributed by atoms with Crippen LogP contribution < -0.4 is 16.0 Å². The van der Waals surface area contributed by atoms with Crippen molar-refractivity contribution in [3.05, 3.63) is 40.3 Å². The van der Waals surface area contributed by atoms with Crippen LogP contribution in [0.25, 0.3) is 0 Å². The number of nitrogens with zero attached hydrogens (tertiary/aromatic N) is 2. The normalized spacial score (nSPS) is 15.7. The van der Waals surface area contributed by atoms with Gasteiger partial charge in [0.2, 0.25) is 0 Å². The number of amides is 1. The molecule has 3 N–H and O–H groups in total. The number of carbonyl (C=O) groups excluding carboxylic acids is 1. The van der Waals surface area contributed by atoms with E-state index in [0.29, 0.717) is 5.69 Å². The van der Waals surface area contributed by atoms with Gasteiger partial charge in [-0.3, -0.25) is 4.79 Å². The van der Waals surface area contributed by atoms with Crippen LogP contribution in [-0.2, 0) is 4.74 Å². The fourth-order valence-electron chi connectivity index (χ4n) is 2.70. The Morgan fingerprint density at radius 2 is 2.12 bits per heavy atom. The third-order valence-corrected chi connectivity index (χ3v) is 5.83. The molecule has 2 heterocycles. The molecule has 1 aromatic carbocycles. The van der Waals surface area contributed by atoms with Gasteiger partial charge in [-0.1, -0.05) is 0 Å². The van der Waals surface area contributed by atoms with Crippen LogP contribution in [0.1, 0.15) is 28.0 Å². The summed E-state index contributed by atoms with van der Waals surface area (Å²) in [7, 11) is 0. The first kappa shape index (κ1) is 19.2. The van der Waals surface area contributed by atoms with Crippen LogP contribution >= 0.6 is 23.1 Å². The summed E-state index contributed by atoms with van der Waals surface area (Å²) in [6, 6.07) is 7.76. The lowest BCUT2D eigenvalue weighted by molar-refractivity contribution is 0.102. The van der Waals surface area contributed by atoms with Gasteiger partial charge in [-0.25, -0.2) is 4.98 Å². The average Bonchev–Trinajstić information content (AvgIpc) is 3.18. The van der Waals surface area contributed by atoms with E-state index in [2.05, 4.69) is 21.5 Å². The molecule has 0 spiro atoms. The number of benzene rings is 1. The maximum Gasteiger partial charge on any atom is 0.275 e. The van der Waals surface area contributed by atoms with E-state index in [4.69, 9.17) is 10.5 Å². The topological polar surface area (TPSA) is 80.5 Å². The van der Waals surface area contributed by atoms with E-state index in [1.807, 2.05) is 24.3 Å². The molecule has 1 aromatic heterocycles. The van der Waals surface area contributed by atoms with E-state index in [-0.39, 0.29) is 11.9 Å². The number of hydrogen-bond acceptors (Lipinski definition) is 7. The number of nitrogens with one attached hydrogen (secondary N) is 1. The summed E-state index contributed by atoms with van der Waals surface area (Å²) in [4.78, 5) is 19.1. The maximum absolute atomic E-state index is 12.4. The standard InChI is InChI=1S/C18H24N4O2S2/c1-25-11-6-15(19)18-21-16(12-26-18)17(23)20-13-2-4-14(5-3-13)22-7-9-24-10-8-22/h2-5,12,15H,6-11,19H2,1H3,(H,20,23). The molecule has 0 bridgehead atoms. The molecule has 8 heteroatoms. The van der Waals surface area contributed by atoms with Gasteiger partial charge < -0.3 is 20.7 Å². The molecule has 2 aromatic rings. The quantitative estimate of drug-likeness (QED) is 0.754. The lowest BCUT2D eigenvalue weighted by Gasteiger charge is -2.28. The SMILES string of the molecule is CSCCC(N)c1nc(C(=O)Nc2ccc(N3CCOCC3)cc2)cs1. The van der Waals surface area contributed by atoms with Crippen molar-refractivity contribution in [1.29, 1.82) is 0 Å². The molecule has 6 nitrogen and oxygen atoms in total. The summed E-state index contributed by atoms with van der Waals surface area (Å²) >= 11 is 3.20. The zero-order valence-electron chi connectivity index (χ0n) is 14.8. The number of ether oxygens (including phenoxy) is 1. The minimum absolute atomic E-state index is 0.109. The van der Waals surface area contributed by atoms with Crippen molar-refractivity contribution < 1.29 is 9.53 Å². The lowest BCUT2D eigenvalue weighted by atomic mass is 10.2. The van der Waals surface area contributed by atoms with E-state index in [0.717, 1.165) is 54.9 Å². The summed E-state index contributed by atoms with van der Waals surface area (Å²) in [6.45, 7) is 3.29. The molecule has 0 saturated carbocycles. The number of carbonyl (C=O) groups is 1. The van der Waals surface area contributed by atoms with E-state index < -0.39 is 0 Å². The number of anilines is 2. The van der Waals surface area contributed by atoms with Gasteiger partial charge in [-0.2, -0.15) is 11.8 Å². The van der Waals surface area contributed by atoms with Crippen molar-refractivity contribution >= 4 is 40.4 Å². The lowest BCUT2D eigenvalue weighted by Crippen LogP contribution is -2.36. The van der Waals surface area contributed by atoms with Gasteiger partial charge >= 0.3 is 0 Å². The van der Waals surface area contributed by atoms with Gasteiger partial charge in [-0.05, 0) is 42.7 Å². The molecule has 3 rings (SSSR count). The maximum atomic E-state index is 12.4. The van der Waals surface area contributed by atoms with Crippen LogP contribution in [0.15, 0.2) is 29.6 Å². The number of rotatable bonds is 7. The van der Waals surface area contributed by atoms with Gasteiger partial charge in [0.25, 0.3) is 5.91 Å². The number of nitrogens with two attached hydrogens (primary N) is 1. The highest BCUT2D eigenvalue weighted by Gasteiger charge is 2.16. The highest BCUT2D eigenvalue weighted by molar-refractivity contribution is 7.98. The Balaban J connectivity index is 1.58.